The van der Waals surface area contributed by atoms with Crippen molar-refractivity contribution in [2.45, 2.75) is 4.90 Å². The van der Waals surface area contributed by atoms with Crippen molar-refractivity contribution >= 4 is 27.3 Å². The normalized spacial score (nSPS) is 11.0. The van der Waals surface area contributed by atoms with Crippen molar-refractivity contribution in [2.24, 2.45) is 5.14 Å². The summed E-state index contributed by atoms with van der Waals surface area (Å²) in [6.45, 7) is 0.142. The third-order valence-corrected chi connectivity index (χ3v) is 3.94. The highest BCUT2D eigenvalue weighted by molar-refractivity contribution is 7.89. The lowest BCUT2D eigenvalue weighted by Crippen LogP contribution is -2.30. The molecule has 2 aromatic carbocycles. The van der Waals surface area contributed by atoms with Gasteiger partial charge in [0.2, 0.25) is 15.9 Å². The van der Waals surface area contributed by atoms with Crippen LogP contribution in [0.5, 0.6) is 0 Å². The summed E-state index contributed by atoms with van der Waals surface area (Å²) in [5.74, 6) is -0.252. The molecule has 116 valence electrons. The van der Waals surface area contributed by atoms with Crippen molar-refractivity contribution in [3.63, 3.8) is 0 Å². The molecule has 0 aliphatic rings. The number of para-hydroxylation sites is 1. The van der Waals surface area contributed by atoms with E-state index in [0.717, 1.165) is 5.69 Å². The van der Waals surface area contributed by atoms with E-state index in [0.29, 0.717) is 5.69 Å². The van der Waals surface area contributed by atoms with E-state index in [1.807, 2.05) is 30.3 Å². The Morgan fingerprint density at radius 2 is 1.82 bits per heavy atom. The number of benzene rings is 2. The summed E-state index contributed by atoms with van der Waals surface area (Å²) in [5.41, 5.74) is 1.30. The number of sulfonamides is 1. The lowest BCUT2D eigenvalue weighted by molar-refractivity contribution is -0.114. The first-order valence-electron chi connectivity index (χ1n) is 6.55. The number of nitrogens with one attached hydrogen (secondary N) is 1. The fraction of sp³-hybridized carbons (Fsp3) is 0.133. The quantitative estimate of drug-likeness (QED) is 0.871. The molecule has 0 saturated carbocycles. The van der Waals surface area contributed by atoms with Crippen LogP contribution >= 0.6 is 0 Å². The van der Waals surface area contributed by atoms with Gasteiger partial charge in [-0.15, -0.1) is 0 Å². The van der Waals surface area contributed by atoms with E-state index in [2.05, 4.69) is 5.32 Å². The summed E-state index contributed by atoms with van der Waals surface area (Å²) in [7, 11) is -1.99. The number of nitrogens with zero attached hydrogens (tertiary/aromatic N) is 1. The zero-order valence-corrected chi connectivity index (χ0v) is 12.9. The van der Waals surface area contributed by atoms with Crippen LogP contribution in [0.25, 0.3) is 0 Å². The van der Waals surface area contributed by atoms with Gasteiger partial charge < -0.3 is 10.2 Å². The van der Waals surface area contributed by atoms with Crippen LogP contribution in [0.2, 0.25) is 0 Å². The van der Waals surface area contributed by atoms with Gasteiger partial charge in [0, 0.05) is 18.4 Å². The van der Waals surface area contributed by atoms with Gasteiger partial charge in [0.25, 0.3) is 0 Å². The number of amides is 1. The first-order valence-corrected chi connectivity index (χ1v) is 8.10. The van der Waals surface area contributed by atoms with Crippen molar-refractivity contribution in [2.75, 3.05) is 23.8 Å². The Kier molecular flexibility index (Phi) is 4.79. The second kappa shape index (κ2) is 6.59. The zero-order chi connectivity index (χ0) is 16.2. The molecule has 0 unspecified atom stereocenters. The molecular weight excluding hydrogens is 302 g/mol. The fourth-order valence-electron chi connectivity index (χ4n) is 1.94. The van der Waals surface area contributed by atoms with E-state index >= 15 is 0 Å². The lowest BCUT2D eigenvalue weighted by Gasteiger charge is -2.18. The Bertz CT molecular complexity index is 761. The van der Waals surface area contributed by atoms with Crippen molar-refractivity contribution < 1.29 is 13.2 Å². The Morgan fingerprint density at radius 3 is 2.45 bits per heavy atom. The Hall–Kier alpha value is -2.38. The highest BCUT2D eigenvalue weighted by atomic mass is 32.2. The van der Waals surface area contributed by atoms with Crippen LogP contribution in [0.1, 0.15) is 0 Å². The molecule has 0 bridgehead atoms. The van der Waals surface area contributed by atoms with E-state index in [9.17, 15) is 13.2 Å². The summed E-state index contributed by atoms with van der Waals surface area (Å²) in [6, 6.07) is 15.3. The Labute approximate surface area is 129 Å². The van der Waals surface area contributed by atoms with Crippen LogP contribution in [0.15, 0.2) is 59.5 Å². The molecule has 0 spiro atoms. The van der Waals surface area contributed by atoms with Gasteiger partial charge in [-0.25, -0.2) is 13.6 Å². The average Bonchev–Trinajstić information content (AvgIpc) is 2.47. The molecule has 0 saturated heterocycles. The zero-order valence-electron chi connectivity index (χ0n) is 12.1. The van der Waals surface area contributed by atoms with E-state index < -0.39 is 10.0 Å². The van der Waals surface area contributed by atoms with Crippen LogP contribution in [0, 0.1) is 0 Å². The predicted molar refractivity (Wildman–Crippen MR) is 86.2 cm³/mol. The topological polar surface area (TPSA) is 92.5 Å². The molecule has 0 aliphatic heterocycles. The van der Waals surface area contributed by atoms with Crippen molar-refractivity contribution in [3.8, 4) is 0 Å². The highest BCUT2D eigenvalue weighted by Gasteiger charge is 2.11. The number of carbonyl (C=O) groups is 1. The molecule has 22 heavy (non-hydrogen) atoms. The number of rotatable bonds is 5. The van der Waals surface area contributed by atoms with Gasteiger partial charge in [0.05, 0.1) is 11.4 Å². The summed E-state index contributed by atoms with van der Waals surface area (Å²) in [5, 5.41) is 7.72. The molecule has 3 N–H and O–H groups in total. The molecule has 1 amide bonds. The Morgan fingerprint density at radius 1 is 1.14 bits per heavy atom. The van der Waals surface area contributed by atoms with Gasteiger partial charge in [-0.2, -0.15) is 0 Å². The number of anilines is 2. The molecule has 6 nitrogen and oxygen atoms in total. The number of primary sulfonamides is 1. The number of hydrogen-bond donors (Lipinski definition) is 2. The van der Waals surface area contributed by atoms with E-state index in [1.165, 1.54) is 18.2 Å². The largest absolute Gasteiger partial charge is 0.365 e. The summed E-state index contributed by atoms with van der Waals surface area (Å²) >= 11 is 0. The van der Waals surface area contributed by atoms with Crippen LogP contribution in [-0.2, 0) is 14.8 Å². The molecule has 0 atom stereocenters. The maximum absolute atomic E-state index is 12.0. The third kappa shape index (κ3) is 4.31. The maximum Gasteiger partial charge on any atom is 0.243 e. The minimum absolute atomic E-state index is 0.0401. The number of nitrogens with two attached hydrogens (primary N) is 1. The first-order chi connectivity index (χ1) is 10.4. The minimum Gasteiger partial charge on any atom is -0.365 e. The van der Waals surface area contributed by atoms with Crippen LogP contribution in [0.3, 0.4) is 0 Å². The number of carbonyl (C=O) groups excluding carboxylic acids is 1. The van der Waals surface area contributed by atoms with Gasteiger partial charge in [-0.3, -0.25) is 4.79 Å². The van der Waals surface area contributed by atoms with Crippen molar-refractivity contribution in [3.05, 3.63) is 54.6 Å². The van der Waals surface area contributed by atoms with Crippen LogP contribution in [0.4, 0.5) is 11.4 Å². The van der Waals surface area contributed by atoms with Gasteiger partial charge in [0.1, 0.15) is 0 Å². The smallest absolute Gasteiger partial charge is 0.243 e. The summed E-state index contributed by atoms with van der Waals surface area (Å²) < 4.78 is 22.6. The molecular formula is C15H17N3O3S. The van der Waals surface area contributed by atoms with Gasteiger partial charge in [-0.1, -0.05) is 24.3 Å². The molecule has 0 aliphatic carbocycles. The summed E-state index contributed by atoms with van der Waals surface area (Å²) in [4.78, 5) is 13.8. The standard InChI is InChI=1S/C15H17N3O3S/c1-18(13-7-3-2-4-8-13)11-15(19)17-12-6-5-9-14(10-12)22(16,20)21/h2-10H,11H2,1H3,(H,17,19)(H2,16,20,21). The molecule has 0 heterocycles. The van der Waals surface area contributed by atoms with E-state index in [4.69, 9.17) is 5.14 Å². The van der Waals surface area contributed by atoms with Crippen LogP contribution < -0.4 is 15.4 Å². The molecule has 0 fully saturated rings. The van der Waals surface area contributed by atoms with Crippen LogP contribution in [-0.4, -0.2) is 27.9 Å². The van der Waals surface area contributed by atoms with Gasteiger partial charge >= 0.3 is 0 Å². The SMILES string of the molecule is CN(CC(=O)Nc1cccc(S(N)(=O)=O)c1)c1ccccc1. The van der Waals surface area contributed by atoms with Gasteiger partial charge in [-0.05, 0) is 30.3 Å². The molecule has 0 aromatic heterocycles. The minimum atomic E-state index is -3.79. The Balaban J connectivity index is 2.04. The molecule has 0 radical (unpaired) electrons. The molecule has 2 rings (SSSR count). The lowest BCUT2D eigenvalue weighted by atomic mass is 10.3. The maximum atomic E-state index is 12.0. The monoisotopic (exact) mass is 319 g/mol. The second-order valence-electron chi connectivity index (χ2n) is 4.81. The van der Waals surface area contributed by atoms with Gasteiger partial charge in [0.15, 0.2) is 0 Å². The summed E-state index contributed by atoms with van der Waals surface area (Å²) in [6.07, 6.45) is 0. The molecule has 2 aromatic rings. The van der Waals surface area contributed by atoms with Crippen molar-refractivity contribution in [1.29, 1.82) is 0 Å². The third-order valence-electron chi connectivity index (χ3n) is 3.02. The van der Waals surface area contributed by atoms with E-state index in [1.54, 1.807) is 18.0 Å². The molecule has 7 heteroatoms. The van der Waals surface area contributed by atoms with Crippen molar-refractivity contribution in [1.82, 2.24) is 0 Å². The number of hydrogen-bond acceptors (Lipinski definition) is 4. The highest BCUT2D eigenvalue weighted by Crippen LogP contribution is 2.15. The first kappa shape index (κ1) is 16.0. The number of likely N-dealkylation sites (N-methyl/N-ethyl adjacent to an activating group) is 1. The predicted octanol–water partition coefficient (Wildman–Crippen LogP) is 1.41. The van der Waals surface area contributed by atoms with E-state index in [-0.39, 0.29) is 17.3 Å². The fourth-order valence-corrected chi connectivity index (χ4v) is 2.50. The second-order valence-corrected chi connectivity index (χ2v) is 6.37. The average molecular weight is 319 g/mol.